The molecule has 1 saturated heterocycles. The number of carbonyl (C=O) groups excluding carboxylic acids is 1. The van der Waals surface area contributed by atoms with E-state index < -0.39 is 11.7 Å². The van der Waals surface area contributed by atoms with Crippen molar-refractivity contribution >= 4 is 17.0 Å². The Balaban J connectivity index is 2.05. The van der Waals surface area contributed by atoms with Gasteiger partial charge in [0, 0.05) is 25.6 Å². The van der Waals surface area contributed by atoms with Crippen LogP contribution in [-0.4, -0.2) is 28.9 Å². The highest BCUT2D eigenvalue weighted by Crippen LogP contribution is 2.36. The van der Waals surface area contributed by atoms with Crippen LogP contribution in [0.2, 0.25) is 0 Å². The number of likely N-dealkylation sites (tertiary alicyclic amines) is 1. The molecule has 0 radical (unpaired) electrons. The molecule has 1 amide bonds. The molecule has 1 fully saturated rings. The smallest absolute Gasteiger partial charge is 0.420 e. The van der Waals surface area contributed by atoms with E-state index in [1.165, 1.54) is 13.0 Å². The number of carbonyl (C=O) groups is 1. The van der Waals surface area contributed by atoms with Crippen LogP contribution in [0.25, 0.3) is 11.1 Å². The summed E-state index contributed by atoms with van der Waals surface area (Å²) in [5.41, 5.74) is -1.21. The molecule has 3 rings (SSSR count). The molecular weight excluding hydrogens is 309 g/mol. The molecule has 1 aromatic carbocycles. The van der Waals surface area contributed by atoms with Crippen LogP contribution >= 0.6 is 0 Å². The number of oxazole rings is 1. The fourth-order valence-electron chi connectivity index (χ4n) is 3.03. The van der Waals surface area contributed by atoms with Crippen molar-refractivity contribution in [2.75, 3.05) is 13.1 Å². The molecule has 0 saturated carbocycles. The largest absolute Gasteiger partial charge is 0.440 e. The topological polar surface area (TPSA) is 46.3 Å². The van der Waals surface area contributed by atoms with Crippen molar-refractivity contribution in [3.8, 4) is 0 Å². The lowest BCUT2D eigenvalue weighted by atomic mass is 9.99. The molecule has 124 valence electrons. The van der Waals surface area contributed by atoms with Gasteiger partial charge in [-0.1, -0.05) is 6.92 Å². The van der Waals surface area contributed by atoms with Gasteiger partial charge in [-0.25, -0.2) is 4.98 Å². The minimum Gasteiger partial charge on any atom is -0.440 e. The number of alkyl halides is 3. The number of hydrogen-bond donors (Lipinski definition) is 0. The lowest BCUT2D eigenvalue weighted by Gasteiger charge is -2.31. The molecular formula is C16H17F3N2O2. The van der Waals surface area contributed by atoms with Crippen LogP contribution < -0.4 is 0 Å². The summed E-state index contributed by atoms with van der Waals surface area (Å²) in [6.07, 6.45) is -2.71. The van der Waals surface area contributed by atoms with E-state index in [0.29, 0.717) is 19.0 Å². The summed E-state index contributed by atoms with van der Waals surface area (Å²) < 4.78 is 44.9. The van der Waals surface area contributed by atoms with Gasteiger partial charge >= 0.3 is 6.18 Å². The number of rotatable bonds is 1. The average Bonchev–Trinajstić information content (AvgIpc) is 2.84. The third-order valence-corrected chi connectivity index (χ3v) is 4.09. The summed E-state index contributed by atoms with van der Waals surface area (Å²) in [7, 11) is 0. The van der Waals surface area contributed by atoms with Gasteiger partial charge in [-0.3, -0.25) is 4.79 Å². The van der Waals surface area contributed by atoms with Crippen LogP contribution in [0, 0.1) is 12.8 Å². The molecule has 0 N–H and O–H groups in total. The molecule has 2 heterocycles. The Morgan fingerprint density at radius 3 is 2.78 bits per heavy atom. The second kappa shape index (κ2) is 5.54. The molecule has 2 aromatic rings. The van der Waals surface area contributed by atoms with E-state index in [9.17, 15) is 18.0 Å². The predicted octanol–water partition coefficient (Wildman–Crippen LogP) is 4.03. The van der Waals surface area contributed by atoms with E-state index in [1.807, 2.05) is 6.92 Å². The highest BCUT2D eigenvalue weighted by Gasteiger charge is 2.36. The standard InChI is InChI=1S/C16H17F3N2O2/c1-9-4-3-5-21(8-9)15(22)11-6-12(16(17,18)19)14-13(7-11)20-10(2)23-14/h6-7,9H,3-5,8H2,1-2H3. The maximum absolute atomic E-state index is 13.3. The molecule has 1 atom stereocenters. The summed E-state index contributed by atoms with van der Waals surface area (Å²) in [4.78, 5) is 18.1. The quantitative estimate of drug-likeness (QED) is 0.795. The predicted molar refractivity (Wildman–Crippen MR) is 78.0 cm³/mol. The van der Waals surface area contributed by atoms with E-state index in [-0.39, 0.29) is 28.5 Å². The first-order valence-corrected chi connectivity index (χ1v) is 7.53. The van der Waals surface area contributed by atoms with Gasteiger partial charge in [-0.15, -0.1) is 0 Å². The van der Waals surface area contributed by atoms with Crippen LogP contribution in [0.15, 0.2) is 16.5 Å². The summed E-state index contributed by atoms with van der Waals surface area (Å²) in [5, 5.41) is 0. The first kappa shape index (κ1) is 15.8. The monoisotopic (exact) mass is 326 g/mol. The molecule has 23 heavy (non-hydrogen) atoms. The maximum atomic E-state index is 13.3. The van der Waals surface area contributed by atoms with E-state index in [4.69, 9.17) is 4.42 Å². The Morgan fingerprint density at radius 2 is 2.13 bits per heavy atom. The maximum Gasteiger partial charge on any atom is 0.420 e. The lowest BCUT2D eigenvalue weighted by Crippen LogP contribution is -2.39. The van der Waals surface area contributed by atoms with Crippen molar-refractivity contribution in [3.63, 3.8) is 0 Å². The molecule has 1 aliphatic rings. The normalized spacial score (nSPS) is 19.3. The van der Waals surface area contributed by atoms with Crippen LogP contribution in [0.4, 0.5) is 13.2 Å². The molecule has 0 aliphatic carbocycles. The molecule has 1 aliphatic heterocycles. The van der Waals surface area contributed by atoms with Crippen molar-refractivity contribution in [2.45, 2.75) is 32.9 Å². The van der Waals surface area contributed by atoms with E-state index >= 15 is 0 Å². The number of amides is 1. The Bertz CT molecular complexity index is 752. The molecule has 1 unspecified atom stereocenters. The summed E-state index contributed by atoms with van der Waals surface area (Å²) in [5.74, 6) is 0.110. The fourth-order valence-corrected chi connectivity index (χ4v) is 3.03. The Hall–Kier alpha value is -2.05. The van der Waals surface area contributed by atoms with Crippen molar-refractivity contribution in [3.05, 3.63) is 29.2 Å². The van der Waals surface area contributed by atoms with Crippen LogP contribution in [0.5, 0.6) is 0 Å². The number of aromatic nitrogens is 1. The van der Waals surface area contributed by atoms with E-state index in [1.54, 1.807) is 4.90 Å². The number of halogens is 3. The average molecular weight is 326 g/mol. The summed E-state index contributed by atoms with van der Waals surface area (Å²) in [6, 6.07) is 2.25. The van der Waals surface area contributed by atoms with Crippen molar-refractivity contribution < 1.29 is 22.4 Å². The molecule has 4 nitrogen and oxygen atoms in total. The van der Waals surface area contributed by atoms with Crippen molar-refractivity contribution in [1.82, 2.24) is 9.88 Å². The van der Waals surface area contributed by atoms with Gasteiger partial charge in [-0.2, -0.15) is 13.2 Å². The fraction of sp³-hybridized carbons (Fsp3) is 0.500. The van der Waals surface area contributed by atoms with Crippen LogP contribution in [-0.2, 0) is 6.18 Å². The number of piperidine rings is 1. The number of hydrogen-bond acceptors (Lipinski definition) is 3. The molecule has 0 bridgehead atoms. The van der Waals surface area contributed by atoms with Crippen LogP contribution in [0.3, 0.4) is 0 Å². The zero-order chi connectivity index (χ0) is 16.8. The zero-order valence-corrected chi connectivity index (χ0v) is 12.9. The van der Waals surface area contributed by atoms with Gasteiger partial charge < -0.3 is 9.32 Å². The Morgan fingerprint density at radius 1 is 1.39 bits per heavy atom. The summed E-state index contributed by atoms with van der Waals surface area (Å²) >= 11 is 0. The van der Waals surface area contributed by atoms with E-state index in [2.05, 4.69) is 4.98 Å². The Labute approximate surface area is 131 Å². The Kier molecular flexibility index (Phi) is 3.82. The number of benzene rings is 1. The minimum atomic E-state index is -4.60. The third kappa shape index (κ3) is 3.04. The SMILES string of the molecule is Cc1nc2cc(C(=O)N3CCCC(C)C3)cc(C(F)(F)F)c2o1. The zero-order valence-electron chi connectivity index (χ0n) is 12.9. The second-order valence-electron chi connectivity index (χ2n) is 6.10. The van der Waals surface area contributed by atoms with Gasteiger partial charge in [0.25, 0.3) is 5.91 Å². The van der Waals surface area contributed by atoms with E-state index in [0.717, 1.165) is 18.9 Å². The van der Waals surface area contributed by atoms with Gasteiger partial charge in [0.05, 0.1) is 0 Å². The van der Waals surface area contributed by atoms with Gasteiger partial charge in [0.15, 0.2) is 11.5 Å². The van der Waals surface area contributed by atoms with Gasteiger partial charge in [-0.05, 0) is 30.9 Å². The van der Waals surface area contributed by atoms with Crippen molar-refractivity contribution in [2.24, 2.45) is 5.92 Å². The van der Waals surface area contributed by atoms with Crippen LogP contribution in [0.1, 0.15) is 41.6 Å². The highest BCUT2D eigenvalue weighted by molar-refractivity contribution is 5.98. The minimum absolute atomic E-state index is 0.00669. The van der Waals surface area contributed by atoms with Crippen molar-refractivity contribution in [1.29, 1.82) is 0 Å². The number of fused-ring (bicyclic) bond motifs is 1. The number of nitrogens with zero attached hydrogens (tertiary/aromatic N) is 2. The second-order valence-corrected chi connectivity index (χ2v) is 6.10. The third-order valence-electron chi connectivity index (χ3n) is 4.09. The molecule has 7 heteroatoms. The molecule has 0 spiro atoms. The van der Waals surface area contributed by atoms with Gasteiger partial charge in [0.1, 0.15) is 11.1 Å². The first-order valence-electron chi connectivity index (χ1n) is 7.53. The lowest BCUT2D eigenvalue weighted by molar-refractivity contribution is -0.136. The first-order chi connectivity index (χ1) is 10.8. The summed E-state index contributed by atoms with van der Waals surface area (Å²) in [6.45, 7) is 4.65. The number of aryl methyl sites for hydroxylation is 1. The van der Waals surface area contributed by atoms with Gasteiger partial charge in [0.2, 0.25) is 0 Å². The highest BCUT2D eigenvalue weighted by atomic mass is 19.4. The molecule has 1 aromatic heterocycles.